The van der Waals surface area contributed by atoms with Gasteiger partial charge >= 0.3 is 0 Å². The van der Waals surface area contributed by atoms with Gasteiger partial charge in [-0.2, -0.15) is 5.26 Å². The fourth-order valence-corrected chi connectivity index (χ4v) is 3.10. The number of nitrogens with one attached hydrogen (secondary N) is 1. The molecular formula is C22H16N4O3. The maximum absolute atomic E-state index is 11.5. The van der Waals surface area contributed by atoms with Crippen molar-refractivity contribution in [3.05, 3.63) is 81.4 Å². The molecule has 0 amide bonds. The molecule has 7 nitrogen and oxygen atoms in total. The molecule has 0 unspecified atom stereocenters. The first kappa shape index (κ1) is 18.2. The number of imidazole rings is 1. The minimum atomic E-state index is -0.422. The number of fused-ring (bicyclic) bond motifs is 1. The number of hydrogen-bond donors (Lipinski definition) is 1. The van der Waals surface area contributed by atoms with Gasteiger partial charge in [0.25, 0.3) is 5.69 Å². The highest BCUT2D eigenvalue weighted by atomic mass is 16.6. The molecular weight excluding hydrogens is 368 g/mol. The Morgan fingerprint density at radius 1 is 1.21 bits per heavy atom. The van der Waals surface area contributed by atoms with Gasteiger partial charge in [-0.25, -0.2) is 4.98 Å². The number of benzene rings is 2. The predicted octanol–water partition coefficient (Wildman–Crippen LogP) is 5.41. The standard InChI is InChI=1S/C22H16N4O3/c1-13-9-17(20(26(27)28)10-14(13)2)21-8-7-16(29-21)11-15(12-23)22-24-18-5-3-4-6-19(18)25-22/h3-11H,1-2H3,(H,24,25)/b15-11+. The molecule has 4 aromatic rings. The van der Waals surface area contributed by atoms with Crippen LogP contribution in [0.15, 0.2) is 52.9 Å². The van der Waals surface area contributed by atoms with Crippen LogP contribution in [0.3, 0.4) is 0 Å². The summed E-state index contributed by atoms with van der Waals surface area (Å²) in [5.74, 6) is 1.21. The van der Waals surface area contributed by atoms with Gasteiger partial charge in [0.05, 0.1) is 27.1 Å². The van der Waals surface area contributed by atoms with E-state index in [1.165, 1.54) is 6.07 Å². The molecule has 0 aliphatic rings. The number of nitro groups is 1. The Labute approximate surface area is 166 Å². The molecule has 0 aliphatic carbocycles. The first-order valence-corrected chi connectivity index (χ1v) is 8.89. The molecule has 1 N–H and O–H groups in total. The maximum Gasteiger partial charge on any atom is 0.280 e. The molecule has 0 saturated carbocycles. The third-order valence-corrected chi connectivity index (χ3v) is 4.75. The Kier molecular flexibility index (Phi) is 4.45. The Morgan fingerprint density at radius 2 is 1.97 bits per heavy atom. The largest absolute Gasteiger partial charge is 0.456 e. The van der Waals surface area contributed by atoms with Crippen molar-refractivity contribution in [1.29, 1.82) is 5.26 Å². The number of H-pyrrole nitrogens is 1. The van der Waals surface area contributed by atoms with E-state index in [1.807, 2.05) is 38.1 Å². The van der Waals surface area contributed by atoms with Crippen molar-refractivity contribution in [2.45, 2.75) is 13.8 Å². The second-order valence-corrected chi connectivity index (χ2v) is 6.69. The average molecular weight is 384 g/mol. The molecule has 4 rings (SSSR count). The lowest BCUT2D eigenvalue weighted by Gasteiger charge is -2.04. The van der Waals surface area contributed by atoms with E-state index in [-0.39, 0.29) is 5.69 Å². The van der Waals surface area contributed by atoms with Crippen molar-refractivity contribution in [3.63, 3.8) is 0 Å². The summed E-state index contributed by atoms with van der Waals surface area (Å²) in [6.07, 6.45) is 1.56. The number of rotatable bonds is 4. The Morgan fingerprint density at radius 3 is 2.69 bits per heavy atom. The van der Waals surface area contributed by atoms with E-state index in [0.717, 1.165) is 22.2 Å². The minimum Gasteiger partial charge on any atom is -0.456 e. The first-order chi connectivity index (χ1) is 14.0. The Bertz CT molecular complexity index is 1290. The smallest absolute Gasteiger partial charge is 0.280 e. The van der Waals surface area contributed by atoms with Crippen LogP contribution in [0, 0.1) is 35.3 Å². The van der Waals surface area contributed by atoms with Crippen molar-refractivity contribution in [1.82, 2.24) is 9.97 Å². The summed E-state index contributed by atoms with van der Waals surface area (Å²) in [5, 5.41) is 21.0. The highest BCUT2D eigenvalue weighted by molar-refractivity contribution is 5.89. The van der Waals surface area contributed by atoms with Gasteiger partial charge in [-0.05, 0) is 55.3 Å². The molecule has 0 aliphatic heterocycles. The number of nitro benzene ring substituents is 1. The third-order valence-electron chi connectivity index (χ3n) is 4.75. The summed E-state index contributed by atoms with van der Waals surface area (Å²) in [6.45, 7) is 3.72. The number of hydrogen-bond acceptors (Lipinski definition) is 5. The van der Waals surface area contributed by atoms with E-state index in [9.17, 15) is 15.4 Å². The topological polar surface area (TPSA) is 109 Å². The molecule has 0 fully saturated rings. The SMILES string of the molecule is Cc1cc(-c2ccc(/C=C(\C#N)c3nc4ccccc4[nH]3)o2)c([N+](=O)[O-])cc1C. The number of nitriles is 1. The van der Waals surface area contributed by atoms with E-state index >= 15 is 0 Å². The van der Waals surface area contributed by atoms with E-state index in [2.05, 4.69) is 16.0 Å². The van der Waals surface area contributed by atoms with Gasteiger partial charge in [0.2, 0.25) is 0 Å². The van der Waals surface area contributed by atoms with Gasteiger partial charge in [-0.15, -0.1) is 0 Å². The number of aryl methyl sites for hydroxylation is 2. The highest BCUT2D eigenvalue weighted by Gasteiger charge is 2.20. The second-order valence-electron chi connectivity index (χ2n) is 6.69. The summed E-state index contributed by atoms with van der Waals surface area (Å²) in [4.78, 5) is 18.6. The minimum absolute atomic E-state index is 0.0178. The van der Waals surface area contributed by atoms with Crippen LogP contribution in [0.1, 0.15) is 22.7 Å². The van der Waals surface area contributed by atoms with E-state index in [4.69, 9.17) is 4.42 Å². The van der Waals surface area contributed by atoms with Crippen molar-refractivity contribution in [2.75, 3.05) is 0 Å². The molecule has 0 bridgehead atoms. The van der Waals surface area contributed by atoms with E-state index in [0.29, 0.717) is 28.5 Å². The summed E-state index contributed by atoms with van der Waals surface area (Å²) < 4.78 is 5.81. The molecule has 0 atom stereocenters. The van der Waals surface area contributed by atoms with Crippen LogP contribution >= 0.6 is 0 Å². The predicted molar refractivity (Wildman–Crippen MR) is 110 cm³/mol. The average Bonchev–Trinajstić information content (AvgIpc) is 3.34. The normalized spacial score (nSPS) is 11.6. The second kappa shape index (κ2) is 7.09. The summed E-state index contributed by atoms with van der Waals surface area (Å²) in [6, 6.07) is 16.2. The number of allylic oxidation sites excluding steroid dienone is 1. The lowest BCUT2D eigenvalue weighted by atomic mass is 10.0. The number of nitrogens with zero attached hydrogens (tertiary/aromatic N) is 3. The van der Waals surface area contributed by atoms with Gasteiger partial charge in [-0.1, -0.05) is 12.1 Å². The lowest BCUT2D eigenvalue weighted by Crippen LogP contribution is -1.94. The zero-order valence-corrected chi connectivity index (χ0v) is 15.8. The Balaban J connectivity index is 1.75. The van der Waals surface area contributed by atoms with Crippen LogP contribution in [0.4, 0.5) is 5.69 Å². The van der Waals surface area contributed by atoms with Crippen LogP contribution in [0.2, 0.25) is 0 Å². The Hall–Kier alpha value is -4.18. The summed E-state index contributed by atoms with van der Waals surface area (Å²) >= 11 is 0. The molecule has 2 heterocycles. The van der Waals surface area contributed by atoms with Gasteiger partial charge in [0.15, 0.2) is 0 Å². The van der Waals surface area contributed by atoms with Gasteiger partial charge in [0.1, 0.15) is 23.4 Å². The van der Waals surface area contributed by atoms with Crippen LogP contribution in [-0.4, -0.2) is 14.9 Å². The van der Waals surface area contributed by atoms with Crippen LogP contribution in [0.5, 0.6) is 0 Å². The summed E-state index contributed by atoms with van der Waals surface area (Å²) in [7, 11) is 0. The fraction of sp³-hybridized carbons (Fsp3) is 0.0909. The van der Waals surface area contributed by atoms with Gasteiger partial charge < -0.3 is 9.40 Å². The van der Waals surface area contributed by atoms with Crippen molar-refractivity contribution < 1.29 is 9.34 Å². The zero-order chi connectivity index (χ0) is 20.5. The van der Waals surface area contributed by atoms with Crippen LogP contribution < -0.4 is 0 Å². The molecule has 0 spiro atoms. The molecule has 0 radical (unpaired) electrons. The van der Waals surface area contributed by atoms with Crippen molar-refractivity contribution in [3.8, 4) is 17.4 Å². The van der Waals surface area contributed by atoms with E-state index < -0.39 is 4.92 Å². The third kappa shape index (κ3) is 3.39. The summed E-state index contributed by atoms with van der Waals surface area (Å²) in [5.41, 5.74) is 4.04. The monoisotopic (exact) mass is 384 g/mol. The quantitative estimate of drug-likeness (QED) is 0.287. The van der Waals surface area contributed by atoms with Crippen molar-refractivity contribution in [2.24, 2.45) is 0 Å². The molecule has 29 heavy (non-hydrogen) atoms. The first-order valence-electron chi connectivity index (χ1n) is 8.89. The number of aromatic amines is 1. The van der Waals surface area contributed by atoms with Crippen LogP contribution in [0.25, 0.3) is 34.0 Å². The van der Waals surface area contributed by atoms with Gasteiger partial charge in [0, 0.05) is 12.1 Å². The van der Waals surface area contributed by atoms with E-state index in [1.54, 1.807) is 24.3 Å². The van der Waals surface area contributed by atoms with Gasteiger partial charge in [-0.3, -0.25) is 10.1 Å². The number of aromatic nitrogens is 2. The van der Waals surface area contributed by atoms with Crippen molar-refractivity contribution >= 4 is 28.4 Å². The highest BCUT2D eigenvalue weighted by Crippen LogP contribution is 2.34. The lowest BCUT2D eigenvalue weighted by molar-refractivity contribution is -0.384. The molecule has 142 valence electrons. The molecule has 2 aromatic heterocycles. The fourth-order valence-electron chi connectivity index (χ4n) is 3.10. The maximum atomic E-state index is 11.5. The number of furan rings is 1. The molecule has 7 heteroatoms. The van der Waals surface area contributed by atoms with Crippen LogP contribution in [-0.2, 0) is 0 Å². The molecule has 0 saturated heterocycles. The number of para-hydroxylation sites is 2. The molecule has 2 aromatic carbocycles. The zero-order valence-electron chi connectivity index (χ0n) is 15.8.